The molecule has 0 saturated carbocycles. The van der Waals surface area contributed by atoms with Crippen LogP contribution in [0.2, 0.25) is 0 Å². The normalized spacial score (nSPS) is 15.2. The lowest BCUT2D eigenvalue weighted by Crippen LogP contribution is -2.32. The molecule has 1 aliphatic rings. The molecular formula is C18H21N3O. The molecule has 1 amide bonds. The number of pyridine rings is 1. The van der Waals surface area contributed by atoms with E-state index in [1.54, 1.807) is 12.3 Å². The topological polar surface area (TPSA) is 45.2 Å². The van der Waals surface area contributed by atoms with Crippen molar-refractivity contribution in [2.24, 2.45) is 0 Å². The van der Waals surface area contributed by atoms with Crippen LogP contribution in [-0.4, -0.2) is 28.9 Å². The molecule has 4 heteroatoms. The predicted octanol–water partition coefficient (Wildman–Crippen LogP) is 3.84. The molecule has 4 nitrogen and oxygen atoms in total. The van der Waals surface area contributed by atoms with Crippen LogP contribution in [0.15, 0.2) is 48.7 Å². The number of rotatable bonds is 3. The Morgan fingerprint density at radius 3 is 2.27 bits per heavy atom. The molecule has 1 N–H and O–H groups in total. The van der Waals surface area contributed by atoms with Crippen molar-refractivity contribution in [1.29, 1.82) is 0 Å². The summed E-state index contributed by atoms with van der Waals surface area (Å²) in [5, 5.41) is 3.27. The van der Waals surface area contributed by atoms with Gasteiger partial charge in [-0.3, -0.25) is 4.79 Å². The summed E-state index contributed by atoms with van der Waals surface area (Å²) in [4.78, 5) is 18.7. The van der Waals surface area contributed by atoms with Crippen molar-refractivity contribution >= 4 is 17.3 Å². The van der Waals surface area contributed by atoms with E-state index in [1.165, 1.54) is 12.8 Å². The van der Waals surface area contributed by atoms with Gasteiger partial charge in [-0.2, -0.15) is 0 Å². The second kappa shape index (κ2) is 7.07. The SMILES string of the molecule is O=C(c1ccc(Nc2ccccc2)cn1)N1CCCCCC1. The molecule has 0 bridgehead atoms. The molecule has 1 aliphatic heterocycles. The van der Waals surface area contributed by atoms with Crippen LogP contribution in [0.3, 0.4) is 0 Å². The third-order valence-electron chi connectivity index (χ3n) is 3.94. The maximum absolute atomic E-state index is 12.5. The van der Waals surface area contributed by atoms with Gasteiger partial charge in [0.05, 0.1) is 11.9 Å². The lowest BCUT2D eigenvalue weighted by Gasteiger charge is -2.19. The summed E-state index contributed by atoms with van der Waals surface area (Å²) in [7, 11) is 0. The zero-order chi connectivity index (χ0) is 15.2. The van der Waals surface area contributed by atoms with E-state index < -0.39 is 0 Å². The zero-order valence-electron chi connectivity index (χ0n) is 12.7. The van der Waals surface area contributed by atoms with E-state index in [9.17, 15) is 4.79 Å². The highest BCUT2D eigenvalue weighted by Crippen LogP contribution is 2.17. The molecular weight excluding hydrogens is 274 g/mol. The first-order valence-electron chi connectivity index (χ1n) is 7.90. The lowest BCUT2D eigenvalue weighted by molar-refractivity contribution is 0.0756. The Hall–Kier alpha value is -2.36. The van der Waals surface area contributed by atoms with Crippen LogP contribution in [0.1, 0.15) is 36.2 Å². The molecule has 1 aromatic carbocycles. The number of carbonyl (C=O) groups is 1. The lowest BCUT2D eigenvalue weighted by atomic mass is 10.2. The smallest absolute Gasteiger partial charge is 0.272 e. The second-order valence-corrected chi connectivity index (χ2v) is 5.63. The molecule has 3 rings (SSSR count). The van der Waals surface area contributed by atoms with E-state index in [-0.39, 0.29) is 5.91 Å². The second-order valence-electron chi connectivity index (χ2n) is 5.63. The number of nitrogens with zero attached hydrogens (tertiary/aromatic N) is 2. The van der Waals surface area contributed by atoms with Gasteiger partial charge in [-0.15, -0.1) is 0 Å². The van der Waals surface area contributed by atoms with Crippen molar-refractivity contribution in [2.45, 2.75) is 25.7 Å². The minimum absolute atomic E-state index is 0.0492. The molecule has 1 aromatic heterocycles. The van der Waals surface area contributed by atoms with Gasteiger partial charge in [-0.05, 0) is 37.1 Å². The van der Waals surface area contributed by atoms with E-state index in [1.807, 2.05) is 41.3 Å². The summed E-state index contributed by atoms with van der Waals surface area (Å²) in [6.45, 7) is 1.70. The maximum atomic E-state index is 12.5. The number of carbonyl (C=O) groups excluding carboxylic acids is 1. The average Bonchev–Trinajstić information content (AvgIpc) is 2.85. The van der Waals surface area contributed by atoms with Crippen LogP contribution in [0, 0.1) is 0 Å². The monoisotopic (exact) mass is 295 g/mol. The molecule has 2 heterocycles. The number of hydrogen-bond acceptors (Lipinski definition) is 3. The first kappa shape index (κ1) is 14.6. The van der Waals surface area contributed by atoms with Gasteiger partial charge in [-0.25, -0.2) is 4.98 Å². The minimum Gasteiger partial charge on any atom is -0.354 e. The maximum Gasteiger partial charge on any atom is 0.272 e. The van der Waals surface area contributed by atoms with E-state index >= 15 is 0 Å². The summed E-state index contributed by atoms with van der Waals surface area (Å²) in [6, 6.07) is 13.6. The van der Waals surface area contributed by atoms with Gasteiger partial charge in [0.2, 0.25) is 0 Å². The van der Waals surface area contributed by atoms with Gasteiger partial charge < -0.3 is 10.2 Å². The van der Waals surface area contributed by atoms with Crippen molar-refractivity contribution < 1.29 is 4.79 Å². The highest BCUT2D eigenvalue weighted by Gasteiger charge is 2.18. The molecule has 114 valence electrons. The fourth-order valence-corrected chi connectivity index (χ4v) is 2.72. The summed E-state index contributed by atoms with van der Waals surface area (Å²) < 4.78 is 0. The highest BCUT2D eigenvalue weighted by atomic mass is 16.2. The van der Waals surface area contributed by atoms with E-state index in [4.69, 9.17) is 0 Å². The Labute approximate surface area is 131 Å². The quantitative estimate of drug-likeness (QED) is 0.935. The number of hydrogen-bond donors (Lipinski definition) is 1. The molecule has 0 radical (unpaired) electrons. The fourth-order valence-electron chi connectivity index (χ4n) is 2.72. The van der Waals surface area contributed by atoms with E-state index in [2.05, 4.69) is 10.3 Å². The van der Waals surface area contributed by atoms with Crippen molar-refractivity contribution in [1.82, 2.24) is 9.88 Å². The molecule has 1 fully saturated rings. The van der Waals surface area contributed by atoms with Crippen LogP contribution < -0.4 is 5.32 Å². The summed E-state index contributed by atoms with van der Waals surface area (Å²) in [5.74, 6) is 0.0492. The summed E-state index contributed by atoms with van der Waals surface area (Å²) in [6.07, 6.45) is 6.35. The Morgan fingerprint density at radius 2 is 1.64 bits per heavy atom. The number of likely N-dealkylation sites (tertiary alicyclic amines) is 1. The zero-order valence-corrected chi connectivity index (χ0v) is 12.7. The molecule has 0 aliphatic carbocycles. The van der Waals surface area contributed by atoms with Crippen LogP contribution in [0.25, 0.3) is 0 Å². The van der Waals surface area contributed by atoms with Crippen molar-refractivity contribution in [3.63, 3.8) is 0 Å². The van der Waals surface area contributed by atoms with Crippen molar-refractivity contribution in [2.75, 3.05) is 18.4 Å². The van der Waals surface area contributed by atoms with E-state index in [0.29, 0.717) is 5.69 Å². The molecule has 1 saturated heterocycles. The van der Waals surface area contributed by atoms with Crippen molar-refractivity contribution in [3.05, 3.63) is 54.4 Å². The van der Waals surface area contributed by atoms with Gasteiger partial charge in [0.15, 0.2) is 0 Å². The van der Waals surface area contributed by atoms with Crippen molar-refractivity contribution in [3.8, 4) is 0 Å². The van der Waals surface area contributed by atoms with E-state index in [0.717, 1.165) is 37.3 Å². The van der Waals surface area contributed by atoms with Crippen LogP contribution in [-0.2, 0) is 0 Å². The number of benzene rings is 1. The predicted molar refractivity (Wildman–Crippen MR) is 88.3 cm³/mol. The Bertz CT molecular complexity index is 602. The highest BCUT2D eigenvalue weighted by molar-refractivity contribution is 5.92. The number of nitrogens with one attached hydrogen (secondary N) is 1. The number of para-hydroxylation sites is 1. The number of aromatic nitrogens is 1. The largest absolute Gasteiger partial charge is 0.354 e. The van der Waals surface area contributed by atoms with Gasteiger partial charge in [0, 0.05) is 18.8 Å². The Balaban J connectivity index is 1.66. The molecule has 2 aromatic rings. The molecule has 22 heavy (non-hydrogen) atoms. The first-order chi connectivity index (χ1) is 10.8. The minimum atomic E-state index is 0.0492. The van der Waals surface area contributed by atoms with Crippen LogP contribution in [0.4, 0.5) is 11.4 Å². The van der Waals surface area contributed by atoms with Crippen LogP contribution in [0.5, 0.6) is 0 Å². The third kappa shape index (κ3) is 3.64. The Kier molecular flexibility index (Phi) is 4.68. The fraction of sp³-hybridized carbons (Fsp3) is 0.333. The average molecular weight is 295 g/mol. The van der Waals surface area contributed by atoms with Gasteiger partial charge in [0.25, 0.3) is 5.91 Å². The Morgan fingerprint density at radius 1 is 0.909 bits per heavy atom. The first-order valence-corrected chi connectivity index (χ1v) is 7.90. The number of anilines is 2. The van der Waals surface area contributed by atoms with Gasteiger partial charge >= 0.3 is 0 Å². The third-order valence-corrected chi connectivity index (χ3v) is 3.94. The molecule has 0 atom stereocenters. The number of amides is 1. The molecule has 0 unspecified atom stereocenters. The van der Waals surface area contributed by atoms with Crippen LogP contribution >= 0.6 is 0 Å². The van der Waals surface area contributed by atoms with Gasteiger partial charge in [0.1, 0.15) is 5.69 Å². The molecule has 0 spiro atoms. The summed E-state index contributed by atoms with van der Waals surface area (Å²) in [5.41, 5.74) is 2.43. The standard InChI is InChI=1S/C18H21N3O/c22-18(21-12-6-1-2-7-13-21)17-11-10-16(14-19-17)20-15-8-4-3-5-9-15/h3-5,8-11,14,20H,1-2,6-7,12-13H2. The van der Waals surface area contributed by atoms with Gasteiger partial charge in [-0.1, -0.05) is 31.0 Å². The summed E-state index contributed by atoms with van der Waals surface area (Å²) >= 11 is 0.